The van der Waals surface area contributed by atoms with Crippen LogP contribution in [-0.2, 0) is 47.7 Å². The summed E-state index contributed by atoms with van der Waals surface area (Å²) in [5, 5.41) is 2.69. The zero-order chi connectivity index (χ0) is 23.0. The number of carbonyl (C=O) groups excluding carboxylic acids is 5. The minimum absolute atomic E-state index is 0.164. The molecular weight excluding hydrogens is 402 g/mol. The van der Waals surface area contributed by atoms with Crippen molar-refractivity contribution in [1.29, 1.82) is 0 Å². The van der Waals surface area contributed by atoms with Gasteiger partial charge in [-0.25, -0.2) is 4.79 Å². The summed E-state index contributed by atoms with van der Waals surface area (Å²) < 4.78 is 25.9. The smallest absolute Gasteiger partial charge is 0.372 e. The number of methoxy groups -OCH3 is 1. The third-order valence-electron chi connectivity index (χ3n) is 4.11. The Morgan fingerprint density at radius 3 is 2.10 bits per heavy atom. The molecule has 0 saturated heterocycles. The topological polar surface area (TPSA) is 144 Å². The lowest BCUT2D eigenvalue weighted by atomic mass is 9.88. The van der Waals surface area contributed by atoms with Crippen LogP contribution < -0.4 is 5.32 Å². The number of hydrogen-bond donors (Lipinski definition) is 1. The fourth-order valence-corrected chi connectivity index (χ4v) is 2.99. The number of esters is 4. The Morgan fingerprint density at radius 1 is 1.03 bits per heavy atom. The lowest BCUT2D eigenvalue weighted by Gasteiger charge is -2.41. The molecular formula is C19H27NO10. The van der Waals surface area contributed by atoms with Gasteiger partial charge in [-0.05, 0) is 6.08 Å². The molecule has 0 radical (unpaired) electrons. The van der Waals surface area contributed by atoms with Crippen LogP contribution in [0.15, 0.2) is 11.8 Å². The van der Waals surface area contributed by atoms with Crippen molar-refractivity contribution >= 4 is 29.8 Å². The monoisotopic (exact) mass is 429 g/mol. The first-order chi connectivity index (χ1) is 14.0. The van der Waals surface area contributed by atoms with Crippen LogP contribution in [-0.4, -0.2) is 67.9 Å². The lowest BCUT2D eigenvalue weighted by molar-refractivity contribution is -0.188. The van der Waals surface area contributed by atoms with E-state index < -0.39 is 66.7 Å². The van der Waals surface area contributed by atoms with Gasteiger partial charge in [0.1, 0.15) is 6.61 Å². The van der Waals surface area contributed by atoms with Crippen molar-refractivity contribution in [3.05, 3.63) is 11.8 Å². The minimum atomic E-state index is -1.32. The molecule has 5 atom stereocenters. The van der Waals surface area contributed by atoms with E-state index >= 15 is 0 Å². The number of carbonyl (C=O) groups is 5. The number of ether oxygens (including phenoxy) is 5. The van der Waals surface area contributed by atoms with Gasteiger partial charge in [0.25, 0.3) is 0 Å². The molecule has 1 N–H and O–H groups in total. The lowest BCUT2D eigenvalue weighted by Crippen LogP contribution is -2.59. The van der Waals surface area contributed by atoms with Crippen molar-refractivity contribution in [3.8, 4) is 0 Å². The largest absolute Gasteiger partial charge is 0.477 e. The van der Waals surface area contributed by atoms with Gasteiger partial charge >= 0.3 is 23.9 Å². The molecule has 11 heteroatoms. The summed E-state index contributed by atoms with van der Waals surface area (Å²) in [6, 6.07) is -0.768. The molecule has 1 rings (SSSR count). The Bertz CT molecular complexity index is 716. The highest BCUT2D eigenvalue weighted by Gasteiger charge is 2.46. The Kier molecular flexibility index (Phi) is 9.28. The maximum Gasteiger partial charge on any atom is 0.372 e. The minimum Gasteiger partial charge on any atom is -0.477 e. The molecule has 0 saturated carbocycles. The summed E-state index contributed by atoms with van der Waals surface area (Å²) in [4.78, 5) is 58.4. The van der Waals surface area contributed by atoms with Crippen LogP contribution in [0.5, 0.6) is 0 Å². The van der Waals surface area contributed by atoms with Crippen molar-refractivity contribution in [2.24, 2.45) is 5.92 Å². The van der Waals surface area contributed by atoms with E-state index in [1.807, 2.05) is 0 Å². The molecule has 168 valence electrons. The second kappa shape index (κ2) is 11.2. The highest BCUT2D eigenvalue weighted by atomic mass is 16.6. The van der Waals surface area contributed by atoms with Gasteiger partial charge in [-0.3, -0.25) is 19.2 Å². The maximum absolute atomic E-state index is 12.0. The summed E-state index contributed by atoms with van der Waals surface area (Å²) in [6.45, 7) is 5.96. The highest BCUT2D eigenvalue weighted by molar-refractivity contribution is 5.86. The van der Waals surface area contributed by atoms with Crippen LogP contribution in [0.2, 0.25) is 0 Å². The molecule has 0 aliphatic carbocycles. The molecule has 1 aliphatic heterocycles. The molecule has 1 amide bonds. The van der Waals surface area contributed by atoms with Gasteiger partial charge in [0.05, 0.1) is 13.2 Å². The number of amides is 1. The fourth-order valence-electron chi connectivity index (χ4n) is 2.99. The van der Waals surface area contributed by atoms with E-state index in [9.17, 15) is 24.0 Å². The van der Waals surface area contributed by atoms with E-state index in [4.69, 9.17) is 18.9 Å². The summed E-state index contributed by atoms with van der Waals surface area (Å²) in [5.74, 6) is -3.92. The second-order valence-corrected chi connectivity index (χ2v) is 6.71. The van der Waals surface area contributed by atoms with Crippen molar-refractivity contribution < 1.29 is 47.7 Å². The van der Waals surface area contributed by atoms with E-state index in [-0.39, 0.29) is 5.76 Å². The van der Waals surface area contributed by atoms with Gasteiger partial charge < -0.3 is 29.0 Å². The van der Waals surface area contributed by atoms with Crippen LogP contribution in [0.1, 0.15) is 34.6 Å². The van der Waals surface area contributed by atoms with Crippen molar-refractivity contribution in [3.63, 3.8) is 0 Å². The van der Waals surface area contributed by atoms with Crippen LogP contribution >= 0.6 is 0 Å². The van der Waals surface area contributed by atoms with E-state index in [2.05, 4.69) is 10.1 Å². The average molecular weight is 429 g/mol. The third kappa shape index (κ3) is 7.37. The van der Waals surface area contributed by atoms with E-state index in [0.717, 1.165) is 27.9 Å². The maximum atomic E-state index is 12.0. The molecule has 1 heterocycles. The van der Waals surface area contributed by atoms with Gasteiger partial charge in [0, 0.05) is 33.6 Å². The molecule has 0 aromatic rings. The summed E-state index contributed by atoms with van der Waals surface area (Å²) >= 11 is 0. The Hall–Kier alpha value is -3.11. The Morgan fingerprint density at radius 2 is 1.63 bits per heavy atom. The standard InChI is InChI=1S/C19H27NO10/c1-9-7-14(19(25)26-6)30-18(16(9)20-10(2)21)17(29-13(5)24)15(28-12(4)23)8-27-11(3)22/h7,9,15-18H,8H2,1-6H3,(H,20,21). The predicted molar refractivity (Wildman–Crippen MR) is 99.5 cm³/mol. The van der Waals surface area contributed by atoms with Crippen molar-refractivity contribution in [2.75, 3.05) is 13.7 Å². The highest BCUT2D eigenvalue weighted by Crippen LogP contribution is 2.29. The quantitative estimate of drug-likeness (QED) is 0.414. The van der Waals surface area contributed by atoms with Gasteiger partial charge in [0.2, 0.25) is 11.7 Å². The predicted octanol–water partition coefficient (Wildman–Crippen LogP) is 0.00940. The van der Waals surface area contributed by atoms with Crippen LogP contribution in [0.4, 0.5) is 0 Å². The summed E-state index contributed by atoms with van der Waals surface area (Å²) in [7, 11) is 1.16. The summed E-state index contributed by atoms with van der Waals surface area (Å²) in [6.07, 6.45) is -2.29. The molecule has 1 aliphatic rings. The molecule has 5 unspecified atom stereocenters. The van der Waals surface area contributed by atoms with E-state index in [1.165, 1.54) is 13.0 Å². The SMILES string of the molecule is COC(=O)C1=CC(C)C(NC(C)=O)C(C(OC(C)=O)C(COC(C)=O)OC(C)=O)O1. The van der Waals surface area contributed by atoms with Gasteiger partial charge in [0.15, 0.2) is 18.3 Å². The van der Waals surface area contributed by atoms with Gasteiger partial charge in [-0.1, -0.05) is 6.92 Å². The Balaban J connectivity index is 3.41. The van der Waals surface area contributed by atoms with Crippen LogP contribution in [0.3, 0.4) is 0 Å². The zero-order valence-electron chi connectivity index (χ0n) is 17.8. The molecule has 0 aromatic carbocycles. The average Bonchev–Trinajstić information content (AvgIpc) is 2.63. The zero-order valence-corrected chi connectivity index (χ0v) is 17.8. The summed E-state index contributed by atoms with van der Waals surface area (Å²) in [5.41, 5.74) is 0. The first-order valence-corrected chi connectivity index (χ1v) is 9.17. The first kappa shape index (κ1) is 24.9. The van der Waals surface area contributed by atoms with Gasteiger partial charge in [-0.15, -0.1) is 0 Å². The second-order valence-electron chi connectivity index (χ2n) is 6.71. The van der Waals surface area contributed by atoms with E-state index in [1.54, 1.807) is 6.92 Å². The van der Waals surface area contributed by atoms with Crippen LogP contribution in [0.25, 0.3) is 0 Å². The number of rotatable bonds is 8. The van der Waals surface area contributed by atoms with Crippen molar-refractivity contribution in [2.45, 2.75) is 59.0 Å². The molecule has 0 aromatic heterocycles. The third-order valence-corrected chi connectivity index (χ3v) is 4.11. The van der Waals surface area contributed by atoms with E-state index in [0.29, 0.717) is 0 Å². The molecule has 0 spiro atoms. The molecule has 30 heavy (non-hydrogen) atoms. The molecule has 11 nitrogen and oxygen atoms in total. The van der Waals surface area contributed by atoms with Crippen molar-refractivity contribution in [1.82, 2.24) is 5.32 Å². The number of nitrogens with one attached hydrogen (secondary N) is 1. The number of hydrogen-bond acceptors (Lipinski definition) is 10. The van der Waals surface area contributed by atoms with Crippen LogP contribution in [0, 0.1) is 5.92 Å². The molecule has 0 bridgehead atoms. The Labute approximate surface area is 174 Å². The fraction of sp³-hybridized carbons (Fsp3) is 0.632. The first-order valence-electron chi connectivity index (χ1n) is 9.17. The molecule has 0 fully saturated rings. The normalized spacial score (nSPS) is 22.3. The van der Waals surface area contributed by atoms with Gasteiger partial charge in [-0.2, -0.15) is 0 Å².